The van der Waals surface area contributed by atoms with Crippen LogP contribution in [0.3, 0.4) is 0 Å². The van der Waals surface area contributed by atoms with Crippen molar-refractivity contribution in [2.45, 2.75) is 65.2 Å². The lowest BCUT2D eigenvalue weighted by molar-refractivity contribution is -0.116. The summed E-state index contributed by atoms with van der Waals surface area (Å²) < 4.78 is 0. The lowest BCUT2D eigenvalue weighted by atomic mass is 10.1. The number of rotatable bonds is 8. The van der Waals surface area contributed by atoms with Gasteiger partial charge < -0.3 is 0 Å². The van der Waals surface area contributed by atoms with Crippen molar-refractivity contribution in [3.8, 4) is 0 Å². The molecule has 1 N–H and O–H groups in total. The molecule has 17 heavy (non-hydrogen) atoms. The predicted molar refractivity (Wildman–Crippen MR) is 71.9 cm³/mol. The number of hydrazone groups is 1. The number of unbranched alkanes of at least 4 members (excludes halogenated alkanes) is 7. The molecule has 1 amide bonds. The highest BCUT2D eigenvalue weighted by molar-refractivity contribution is 6.23. The van der Waals surface area contributed by atoms with E-state index in [0.717, 1.165) is 17.7 Å². The zero-order chi connectivity index (χ0) is 12.5. The smallest absolute Gasteiger partial charge is 0.267 e. The van der Waals surface area contributed by atoms with Gasteiger partial charge in [0.25, 0.3) is 5.91 Å². The zero-order valence-corrected chi connectivity index (χ0v) is 11.1. The molecule has 96 valence electrons. The summed E-state index contributed by atoms with van der Waals surface area (Å²) in [6.45, 7) is 4.11. The Morgan fingerprint density at radius 2 is 1.76 bits per heavy atom. The number of amides is 1. The van der Waals surface area contributed by atoms with E-state index in [-0.39, 0.29) is 5.91 Å². The van der Waals surface area contributed by atoms with Crippen molar-refractivity contribution in [2.75, 3.05) is 0 Å². The van der Waals surface area contributed by atoms with Gasteiger partial charge in [0.1, 0.15) is 0 Å². The molecule has 0 saturated carbocycles. The maximum absolute atomic E-state index is 11.3. The molecule has 0 atom stereocenters. The fourth-order valence-electron chi connectivity index (χ4n) is 2.01. The minimum absolute atomic E-state index is 0.0505. The van der Waals surface area contributed by atoms with Gasteiger partial charge in [-0.2, -0.15) is 5.10 Å². The fraction of sp³-hybridized carbons (Fsp3) is 0.714. The van der Waals surface area contributed by atoms with Crippen LogP contribution < -0.4 is 5.43 Å². The largest absolute Gasteiger partial charge is 0.272 e. The minimum atomic E-state index is -0.0505. The maximum atomic E-state index is 11.3. The van der Waals surface area contributed by atoms with Crippen molar-refractivity contribution >= 4 is 11.6 Å². The molecule has 0 bridgehead atoms. The van der Waals surface area contributed by atoms with E-state index < -0.39 is 0 Å². The van der Waals surface area contributed by atoms with E-state index in [1.54, 1.807) is 0 Å². The summed E-state index contributed by atoms with van der Waals surface area (Å²) >= 11 is 0. The number of hydrogen-bond donors (Lipinski definition) is 1. The average Bonchev–Trinajstić information content (AvgIpc) is 2.63. The monoisotopic (exact) mass is 236 g/mol. The van der Waals surface area contributed by atoms with Gasteiger partial charge in [-0.25, -0.2) is 5.43 Å². The van der Waals surface area contributed by atoms with Gasteiger partial charge in [-0.3, -0.25) is 4.79 Å². The second-order valence-electron chi connectivity index (χ2n) is 4.67. The molecule has 0 aromatic heterocycles. The molecule has 0 fully saturated rings. The maximum Gasteiger partial charge on any atom is 0.272 e. The molecule has 1 heterocycles. The van der Waals surface area contributed by atoms with Crippen molar-refractivity contribution in [3.63, 3.8) is 0 Å². The standard InChI is InChI=1S/C14H24N2O/c1-3-4-5-6-7-8-9-10-11-13-12(2)15-16-14(13)17/h11H,3-10H2,1-2H3,(H,16,17). The van der Waals surface area contributed by atoms with E-state index in [1.165, 1.54) is 44.9 Å². The molecule has 3 heteroatoms. The number of allylic oxidation sites excluding steroid dienone is 1. The van der Waals surface area contributed by atoms with Crippen molar-refractivity contribution in [2.24, 2.45) is 5.10 Å². The average molecular weight is 236 g/mol. The van der Waals surface area contributed by atoms with Crippen LogP contribution in [0.15, 0.2) is 16.8 Å². The minimum Gasteiger partial charge on any atom is -0.267 e. The Kier molecular flexibility index (Phi) is 6.60. The van der Waals surface area contributed by atoms with Gasteiger partial charge in [0, 0.05) is 0 Å². The third kappa shape index (κ3) is 5.16. The Labute approximate surface area is 104 Å². The molecule has 0 aromatic carbocycles. The second-order valence-corrected chi connectivity index (χ2v) is 4.67. The molecule has 0 aliphatic carbocycles. The van der Waals surface area contributed by atoms with E-state index in [0.29, 0.717) is 0 Å². The summed E-state index contributed by atoms with van der Waals surface area (Å²) in [5.41, 5.74) is 4.05. The molecule has 1 aliphatic heterocycles. The zero-order valence-electron chi connectivity index (χ0n) is 11.1. The van der Waals surface area contributed by atoms with Crippen LogP contribution in [0, 0.1) is 0 Å². The van der Waals surface area contributed by atoms with E-state index in [2.05, 4.69) is 17.5 Å². The molecular formula is C14H24N2O. The van der Waals surface area contributed by atoms with Crippen LogP contribution in [0.2, 0.25) is 0 Å². The van der Waals surface area contributed by atoms with Crippen LogP contribution in [0.25, 0.3) is 0 Å². The first-order chi connectivity index (χ1) is 8.25. The highest BCUT2D eigenvalue weighted by atomic mass is 16.2. The summed E-state index contributed by atoms with van der Waals surface area (Å²) in [5, 5.41) is 3.90. The molecule has 3 nitrogen and oxygen atoms in total. The Morgan fingerprint density at radius 3 is 2.35 bits per heavy atom. The van der Waals surface area contributed by atoms with Crippen LogP contribution in [-0.4, -0.2) is 11.6 Å². The van der Waals surface area contributed by atoms with Gasteiger partial charge in [0.05, 0.1) is 11.3 Å². The van der Waals surface area contributed by atoms with Crippen LogP contribution in [0.5, 0.6) is 0 Å². The Hall–Kier alpha value is -1.12. The van der Waals surface area contributed by atoms with Crippen LogP contribution in [0.4, 0.5) is 0 Å². The third-order valence-electron chi connectivity index (χ3n) is 3.12. The van der Waals surface area contributed by atoms with Crippen molar-refractivity contribution in [1.82, 2.24) is 5.43 Å². The van der Waals surface area contributed by atoms with Crippen LogP contribution in [0.1, 0.15) is 65.2 Å². The first-order valence-electron chi connectivity index (χ1n) is 6.81. The Bertz CT molecular complexity index is 305. The van der Waals surface area contributed by atoms with E-state index in [4.69, 9.17) is 0 Å². The van der Waals surface area contributed by atoms with Crippen molar-refractivity contribution < 1.29 is 4.79 Å². The number of nitrogens with one attached hydrogen (secondary N) is 1. The first kappa shape index (κ1) is 13.9. The predicted octanol–water partition coefficient (Wildman–Crippen LogP) is 3.56. The Morgan fingerprint density at radius 1 is 1.12 bits per heavy atom. The molecular weight excluding hydrogens is 212 g/mol. The third-order valence-corrected chi connectivity index (χ3v) is 3.12. The van der Waals surface area contributed by atoms with E-state index >= 15 is 0 Å². The number of carbonyl (C=O) groups is 1. The molecule has 0 saturated heterocycles. The fourth-order valence-corrected chi connectivity index (χ4v) is 2.01. The number of carbonyl (C=O) groups excluding carboxylic acids is 1. The first-order valence-corrected chi connectivity index (χ1v) is 6.81. The summed E-state index contributed by atoms with van der Waals surface area (Å²) in [6.07, 6.45) is 12.2. The topological polar surface area (TPSA) is 41.5 Å². The number of nitrogens with zero attached hydrogens (tertiary/aromatic N) is 1. The van der Waals surface area contributed by atoms with E-state index in [1.807, 2.05) is 13.0 Å². The molecule has 1 aliphatic rings. The van der Waals surface area contributed by atoms with Gasteiger partial charge in [-0.05, 0) is 19.8 Å². The summed E-state index contributed by atoms with van der Waals surface area (Å²) in [7, 11) is 0. The van der Waals surface area contributed by atoms with Gasteiger partial charge in [0.2, 0.25) is 0 Å². The van der Waals surface area contributed by atoms with Gasteiger partial charge in [-0.15, -0.1) is 0 Å². The highest BCUT2D eigenvalue weighted by Crippen LogP contribution is 2.11. The lowest BCUT2D eigenvalue weighted by Crippen LogP contribution is -2.12. The molecule has 0 spiro atoms. The van der Waals surface area contributed by atoms with Crippen molar-refractivity contribution in [3.05, 3.63) is 11.6 Å². The van der Waals surface area contributed by atoms with Gasteiger partial charge in [-0.1, -0.05) is 51.5 Å². The second kappa shape index (κ2) is 8.04. The number of hydrogen-bond acceptors (Lipinski definition) is 2. The van der Waals surface area contributed by atoms with Gasteiger partial charge >= 0.3 is 0 Å². The molecule has 0 unspecified atom stereocenters. The molecule has 1 rings (SSSR count). The van der Waals surface area contributed by atoms with E-state index in [9.17, 15) is 4.79 Å². The normalized spacial score (nSPS) is 17.4. The summed E-state index contributed by atoms with van der Waals surface area (Å²) in [6, 6.07) is 0. The summed E-state index contributed by atoms with van der Waals surface area (Å²) in [5.74, 6) is -0.0505. The summed E-state index contributed by atoms with van der Waals surface area (Å²) in [4.78, 5) is 11.3. The molecule has 0 aromatic rings. The highest BCUT2D eigenvalue weighted by Gasteiger charge is 2.17. The Balaban J connectivity index is 2.06. The van der Waals surface area contributed by atoms with Gasteiger partial charge in [0.15, 0.2) is 0 Å². The quantitative estimate of drug-likeness (QED) is 0.508. The van der Waals surface area contributed by atoms with Crippen LogP contribution in [-0.2, 0) is 4.79 Å². The SMILES string of the molecule is CCCCCCCCCC=C1C(=O)NN=C1C. The lowest BCUT2D eigenvalue weighted by Gasteiger charge is -1.99. The molecule has 0 radical (unpaired) electrons. The van der Waals surface area contributed by atoms with Crippen molar-refractivity contribution in [1.29, 1.82) is 0 Å². The van der Waals surface area contributed by atoms with Crippen LogP contribution >= 0.6 is 0 Å².